The highest BCUT2D eigenvalue weighted by Gasteiger charge is 2.37. The van der Waals surface area contributed by atoms with Crippen molar-refractivity contribution in [3.63, 3.8) is 0 Å². The van der Waals surface area contributed by atoms with Gasteiger partial charge in [-0.3, -0.25) is 0 Å². The van der Waals surface area contributed by atoms with E-state index in [1.165, 1.54) is 66.9 Å². The molecule has 0 unspecified atom stereocenters. The van der Waals surface area contributed by atoms with E-state index in [4.69, 9.17) is 0 Å². The lowest BCUT2D eigenvalue weighted by molar-refractivity contribution is 0.607. The molecule has 0 amide bonds. The van der Waals surface area contributed by atoms with Crippen LogP contribution in [-0.2, 0) is 5.41 Å². The van der Waals surface area contributed by atoms with E-state index >= 15 is 0 Å². The molecule has 2 aliphatic carbocycles. The number of hydrogen-bond donors (Lipinski definition) is 0. The van der Waals surface area contributed by atoms with Gasteiger partial charge < -0.3 is 4.90 Å². The molecule has 234 valence electrons. The molecule has 0 N–H and O–H groups in total. The molecule has 0 bridgehead atoms. The third-order valence-electron chi connectivity index (χ3n) is 10.5. The Morgan fingerprint density at radius 2 is 1.08 bits per heavy atom. The first-order valence-corrected chi connectivity index (χ1v) is 17.2. The number of nitrogens with zero attached hydrogens (tertiary/aromatic N) is 1. The average Bonchev–Trinajstić information content (AvgIpc) is 3.36. The molecule has 0 radical (unpaired) electrons. The van der Waals surface area contributed by atoms with Crippen LogP contribution in [0.1, 0.15) is 48.9 Å². The van der Waals surface area contributed by atoms with Crippen molar-refractivity contribution < 1.29 is 0 Å². The minimum Gasteiger partial charge on any atom is -0.310 e. The van der Waals surface area contributed by atoms with Crippen molar-refractivity contribution in [2.45, 2.75) is 46.0 Å². The Hall–Kier alpha value is -5.40. The highest BCUT2D eigenvalue weighted by molar-refractivity contribution is 5.89. The lowest BCUT2D eigenvalue weighted by Crippen LogP contribution is -2.18. The van der Waals surface area contributed by atoms with Crippen LogP contribution in [0.5, 0.6) is 0 Å². The molecule has 2 aliphatic rings. The highest BCUT2D eigenvalue weighted by atomic mass is 15.1. The van der Waals surface area contributed by atoms with Gasteiger partial charge in [0.05, 0.1) is 0 Å². The Morgan fingerprint density at radius 1 is 0.500 bits per heavy atom. The predicted octanol–water partition coefficient (Wildman–Crippen LogP) is 13.2. The Labute approximate surface area is 285 Å². The third-order valence-corrected chi connectivity index (χ3v) is 10.5. The van der Waals surface area contributed by atoms with E-state index in [9.17, 15) is 0 Å². The molecule has 0 fully saturated rings. The molecule has 8 rings (SSSR count). The van der Waals surface area contributed by atoms with E-state index in [1.807, 2.05) is 0 Å². The molecule has 0 heterocycles. The molecule has 1 heteroatoms. The van der Waals surface area contributed by atoms with Gasteiger partial charge in [0.15, 0.2) is 0 Å². The van der Waals surface area contributed by atoms with Crippen LogP contribution in [0.25, 0.3) is 39.0 Å². The van der Waals surface area contributed by atoms with Crippen LogP contribution in [0.2, 0.25) is 0 Å². The number of fused-ring (bicyclic) bond motifs is 2. The number of anilines is 3. The normalized spacial score (nSPS) is 14.5. The molecule has 0 atom stereocenters. The maximum atomic E-state index is 2.44. The molecule has 6 aromatic rings. The smallest absolute Gasteiger partial charge is 0.0465 e. The summed E-state index contributed by atoms with van der Waals surface area (Å²) in [4.78, 5) is 2.41. The summed E-state index contributed by atoms with van der Waals surface area (Å²) in [5.74, 6) is 0. The minimum absolute atomic E-state index is 0.0123. The van der Waals surface area contributed by atoms with Gasteiger partial charge in [-0.25, -0.2) is 0 Å². The Kier molecular flexibility index (Phi) is 7.49. The largest absolute Gasteiger partial charge is 0.310 e. The van der Waals surface area contributed by atoms with Crippen LogP contribution >= 0.6 is 0 Å². The maximum absolute atomic E-state index is 2.44. The second-order valence-electron chi connectivity index (χ2n) is 13.8. The van der Waals surface area contributed by atoms with Gasteiger partial charge >= 0.3 is 0 Å². The molecule has 0 aliphatic heterocycles. The molecule has 48 heavy (non-hydrogen) atoms. The van der Waals surface area contributed by atoms with E-state index in [0.29, 0.717) is 0 Å². The minimum atomic E-state index is 0.0123. The first-order valence-electron chi connectivity index (χ1n) is 17.2. The fraction of sp³-hybridized carbons (Fsp3) is 0.149. The number of hydrogen-bond acceptors (Lipinski definition) is 1. The SMILES string of the molecule is Cc1ccccc1-c1cc(-c2ccc(N(c3ccc(-c4ccccc4)cc3)c3ccc4c(c3)C(C)(C)C3=C4C=CCC3)cc2)ccc1C. The number of rotatable bonds is 6. The van der Waals surface area contributed by atoms with Crippen LogP contribution in [0.4, 0.5) is 17.1 Å². The van der Waals surface area contributed by atoms with Crippen molar-refractivity contribution in [2.75, 3.05) is 4.90 Å². The molecule has 1 nitrogen and oxygen atoms in total. The quantitative estimate of drug-likeness (QED) is 0.179. The van der Waals surface area contributed by atoms with Crippen LogP contribution in [0, 0.1) is 13.8 Å². The summed E-state index contributed by atoms with van der Waals surface area (Å²) in [5.41, 5.74) is 19.4. The summed E-state index contributed by atoms with van der Waals surface area (Å²) in [7, 11) is 0. The Balaban J connectivity index is 1.20. The zero-order valence-corrected chi connectivity index (χ0v) is 28.3. The van der Waals surface area contributed by atoms with Gasteiger partial charge in [0.1, 0.15) is 0 Å². The van der Waals surface area contributed by atoms with Gasteiger partial charge in [-0.1, -0.05) is 129 Å². The molecule has 0 aromatic heterocycles. The summed E-state index contributed by atoms with van der Waals surface area (Å²) in [5, 5.41) is 0. The standard InChI is InChI=1S/C47H41N/c1-32-12-8-9-15-41(32)44-30-37(19-18-33(44)2)36-22-26-39(27-23-36)48(38-24-20-35(21-25-38)34-13-6-5-7-14-34)40-28-29-43-42-16-10-11-17-45(42)47(3,4)46(43)31-40/h5-10,12-16,18-31H,11,17H2,1-4H3. The van der Waals surface area contributed by atoms with Gasteiger partial charge in [0, 0.05) is 22.5 Å². The van der Waals surface area contributed by atoms with E-state index in [2.05, 4.69) is 184 Å². The fourth-order valence-corrected chi connectivity index (χ4v) is 7.80. The van der Waals surface area contributed by atoms with Crippen molar-refractivity contribution in [3.05, 3.63) is 180 Å². The summed E-state index contributed by atoms with van der Waals surface area (Å²) >= 11 is 0. The first-order chi connectivity index (χ1) is 23.4. The lowest BCUT2D eigenvalue weighted by Gasteiger charge is -2.29. The van der Waals surface area contributed by atoms with Gasteiger partial charge in [-0.05, 0) is 130 Å². The Bertz CT molecular complexity index is 2200. The molecular weight excluding hydrogens is 579 g/mol. The molecule has 6 aromatic carbocycles. The molecular formula is C47H41N. The fourth-order valence-electron chi connectivity index (χ4n) is 7.80. The second-order valence-corrected chi connectivity index (χ2v) is 13.8. The zero-order chi connectivity index (χ0) is 32.8. The number of aryl methyl sites for hydroxylation is 2. The summed E-state index contributed by atoms with van der Waals surface area (Å²) in [6.07, 6.45) is 6.95. The molecule has 0 saturated heterocycles. The predicted molar refractivity (Wildman–Crippen MR) is 205 cm³/mol. The van der Waals surface area contributed by atoms with Gasteiger partial charge in [0.2, 0.25) is 0 Å². The monoisotopic (exact) mass is 619 g/mol. The van der Waals surface area contributed by atoms with Crippen LogP contribution in [0.3, 0.4) is 0 Å². The van der Waals surface area contributed by atoms with Crippen molar-refractivity contribution in [2.24, 2.45) is 0 Å². The second kappa shape index (κ2) is 12.0. The highest BCUT2D eigenvalue weighted by Crippen LogP contribution is 2.51. The molecule has 0 spiro atoms. The Morgan fingerprint density at radius 3 is 1.79 bits per heavy atom. The first kappa shape index (κ1) is 30.0. The van der Waals surface area contributed by atoms with Crippen LogP contribution < -0.4 is 4.90 Å². The van der Waals surface area contributed by atoms with Crippen molar-refractivity contribution in [1.82, 2.24) is 0 Å². The maximum Gasteiger partial charge on any atom is 0.0465 e. The lowest BCUT2D eigenvalue weighted by atomic mass is 9.78. The van der Waals surface area contributed by atoms with Crippen molar-refractivity contribution >= 4 is 22.6 Å². The van der Waals surface area contributed by atoms with E-state index in [-0.39, 0.29) is 5.41 Å². The van der Waals surface area contributed by atoms with Gasteiger partial charge in [-0.2, -0.15) is 0 Å². The summed E-state index contributed by atoms with van der Waals surface area (Å²) < 4.78 is 0. The zero-order valence-electron chi connectivity index (χ0n) is 28.3. The number of benzene rings is 6. The third kappa shape index (κ3) is 5.20. The van der Waals surface area contributed by atoms with Crippen molar-refractivity contribution in [1.29, 1.82) is 0 Å². The van der Waals surface area contributed by atoms with Gasteiger partial charge in [-0.15, -0.1) is 0 Å². The summed E-state index contributed by atoms with van der Waals surface area (Å²) in [6, 6.07) is 51.3. The van der Waals surface area contributed by atoms with Crippen LogP contribution in [0.15, 0.2) is 157 Å². The van der Waals surface area contributed by atoms with E-state index in [1.54, 1.807) is 5.57 Å². The molecule has 0 saturated carbocycles. The topological polar surface area (TPSA) is 3.24 Å². The average molecular weight is 620 g/mol. The van der Waals surface area contributed by atoms with E-state index in [0.717, 1.165) is 24.2 Å². The van der Waals surface area contributed by atoms with Gasteiger partial charge in [0.25, 0.3) is 0 Å². The summed E-state index contributed by atoms with van der Waals surface area (Å²) in [6.45, 7) is 9.20. The van der Waals surface area contributed by atoms with Crippen molar-refractivity contribution in [3.8, 4) is 33.4 Å². The van der Waals surface area contributed by atoms with Crippen LogP contribution in [-0.4, -0.2) is 0 Å². The number of allylic oxidation sites excluding steroid dienone is 4. The van der Waals surface area contributed by atoms with E-state index < -0.39 is 0 Å².